The number of fused-ring (bicyclic) bond motifs is 4. The van der Waals surface area contributed by atoms with E-state index in [2.05, 4.69) is 137 Å². The predicted octanol–water partition coefficient (Wildman–Crippen LogP) is 10.6. The highest BCUT2D eigenvalue weighted by Crippen LogP contribution is 2.39. The van der Waals surface area contributed by atoms with Crippen LogP contribution in [0.15, 0.2) is 141 Å². The third-order valence-electron chi connectivity index (χ3n) is 14.5. The number of pyridine rings is 4. The topological polar surface area (TPSA) is 171 Å². The first-order chi connectivity index (χ1) is 36.4. The number of hydrogen-bond acceptors (Lipinski definition) is 10. The molecule has 19 heteroatoms. The number of nitrogens with zero attached hydrogens (tertiary/aromatic N) is 12. The zero-order chi connectivity index (χ0) is 51.8. The largest absolute Gasteiger partial charge is 0.407 e. The van der Waals surface area contributed by atoms with Crippen LogP contribution in [0.25, 0.3) is 44.4 Å². The third kappa shape index (κ3) is 10.9. The standard InChI is InChI=1S/C36H39BrN6O2Si.C20H21BrN6O2.2CH4/c1-36(2,3)46(28-12-6-4-7-13-28,29-14-8-5-9-15-29)45-21-11-10-20-41-33(40-30-22-26(37)23-39-34(30)41)25-42-32-24-38-19-18-31(32)43(35(42)44)27-16-17-27;21-13-9-15-19(23-10-13)25(7-1-2-8-28)18(24-15)12-26-17-11-22-6-5-16(17)27(20(26)29)14-3-4-14;;/h4-9,12-15,18-19,22-24,27H,10-11,16-17,20-21,25H2,1-3H3;5-6,9-11,14,28H,1-4,7-8,12H2;2*1H4. The van der Waals surface area contributed by atoms with Gasteiger partial charge in [-0.15, -0.1) is 0 Å². The van der Waals surface area contributed by atoms with Crippen molar-refractivity contribution in [3.63, 3.8) is 0 Å². The monoisotopic (exact) mass is 1180 g/mol. The van der Waals surface area contributed by atoms with Crippen LogP contribution in [0.4, 0.5) is 0 Å². The first kappa shape index (κ1) is 55.4. The molecule has 0 unspecified atom stereocenters. The Kier molecular flexibility index (Phi) is 16.8. The maximum absolute atomic E-state index is 13.7. The molecule has 0 spiro atoms. The van der Waals surface area contributed by atoms with Crippen LogP contribution in [0.2, 0.25) is 5.04 Å². The van der Waals surface area contributed by atoms with Crippen molar-refractivity contribution in [1.29, 1.82) is 0 Å². The lowest BCUT2D eigenvalue weighted by Crippen LogP contribution is -2.66. The summed E-state index contributed by atoms with van der Waals surface area (Å²) in [6, 6.07) is 29.9. The summed E-state index contributed by atoms with van der Waals surface area (Å²) in [5, 5.41) is 11.7. The van der Waals surface area contributed by atoms with Gasteiger partial charge in [-0.2, -0.15) is 0 Å². The zero-order valence-corrected chi connectivity index (χ0v) is 46.6. The lowest BCUT2D eigenvalue weighted by atomic mass is 10.2. The van der Waals surface area contributed by atoms with E-state index in [1.807, 2.05) is 44.2 Å². The van der Waals surface area contributed by atoms with Crippen LogP contribution >= 0.6 is 31.9 Å². The number of aryl methyl sites for hydroxylation is 2. The number of unbranched alkanes of at least 4 members (excludes halogenated alkanes) is 2. The van der Waals surface area contributed by atoms with Gasteiger partial charge in [0.1, 0.15) is 22.7 Å². The van der Waals surface area contributed by atoms with Crippen LogP contribution in [-0.4, -0.2) is 83.9 Å². The summed E-state index contributed by atoms with van der Waals surface area (Å²) in [6.45, 7) is 9.85. The Balaban J connectivity index is 0.000000201. The van der Waals surface area contributed by atoms with Gasteiger partial charge in [0, 0.05) is 72.1 Å². The minimum absolute atomic E-state index is 0. The Morgan fingerprint density at radius 2 is 1.04 bits per heavy atom. The van der Waals surface area contributed by atoms with E-state index < -0.39 is 8.32 Å². The van der Waals surface area contributed by atoms with Gasteiger partial charge >= 0.3 is 11.4 Å². The van der Waals surface area contributed by atoms with E-state index in [1.165, 1.54) is 10.4 Å². The molecule has 2 fully saturated rings. The Labute approximate surface area is 466 Å². The van der Waals surface area contributed by atoms with E-state index in [4.69, 9.17) is 24.5 Å². The van der Waals surface area contributed by atoms with Gasteiger partial charge in [0.2, 0.25) is 0 Å². The minimum Gasteiger partial charge on any atom is -0.407 e. The molecule has 8 heterocycles. The van der Waals surface area contributed by atoms with Crippen LogP contribution in [0, 0.1) is 0 Å². The molecule has 2 aliphatic carbocycles. The van der Waals surface area contributed by atoms with E-state index >= 15 is 0 Å². The third-order valence-corrected chi connectivity index (χ3v) is 20.4. The number of rotatable bonds is 18. The van der Waals surface area contributed by atoms with Gasteiger partial charge in [-0.3, -0.25) is 28.2 Å². The molecule has 10 aromatic rings. The molecule has 1 N–H and O–H groups in total. The summed E-state index contributed by atoms with van der Waals surface area (Å²) >= 11 is 7.01. The Morgan fingerprint density at radius 1 is 0.597 bits per heavy atom. The second kappa shape index (κ2) is 23.3. The SMILES string of the molecule is C.C.CC(C)(C)[Si](OCCCCn1c(Cn2c(=O)n(C3CC3)c3ccncc32)nc2cc(Br)cnc21)(c1ccccc1)c1ccccc1.O=c1n(Cc2nc3cc(Br)cnc3n2CCCCO)c2cnccc2n1C1CC1. The van der Waals surface area contributed by atoms with E-state index in [0.29, 0.717) is 32.7 Å². The van der Waals surface area contributed by atoms with Crippen molar-refractivity contribution in [2.45, 2.75) is 130 Å². The summed E-state index contributed by atoms with van der Waals surface area (Å²) < 4.78 is 20.5. The van der Waals surface area contributed by atoms with E-state index in [-0.39, 0.29) is 50.0 Å². The number of aromatic nitrogens is 12. The first-order valence-corrected chi connectivity index (χ1v) is 29.4. The summed E-state index contributed by atoms with van der Waals surface area (Å²) in [5.41, 5.74) is 6.72. The molecule has 2 aliphatic rings. The van der Waals surface area contributed by atoms with Crippen LogP contribution in [0.5, 0.6) is 0 Å². The van der Waals surface area contributed by atoms with Crippen molar-refractivity contribution in [1.82, 2.24) is 57.3 Å². The van der Waals surface area contributed by atoms with Gasteiger partial charge in [-0.25, -0.2) is 29.5 Å². The molecule has 0 atom stereocenters. The molecular formula is C58H68Br2N12O4Si. The van der Waals surface area contributed by atoms with Gasteiger partial charge in [-0.1, -0.05) is 96.3 Å². The van der Waals surface area contributed by atoms with Crippen molar-refractivity contribution in [3.05, 3.63) is 164 Å². The first-order valence-electron chi connectivity index (χ1n) is 25.9. The Hall–Kier alpha value is -6.38. The smallest absolute Gasteiger partial charge is 0.329 e. The molecule has 0 radical (unpaired) electrons. The normalized spacial score (nSPS) is 13.7. The van der Waals surface area contributed by atoms with E-state index in [1.54, 1.807) is 35.6 Å². The molecule has 77 heavy (non-hydrogen) atoms. The molecule has 2 aromatic carbocycles. The van der Waals surface area contributed by atoms with Gasteiger partial charge in [0.25, 0.3) is 8.32 Å². The molecule has 0 amide bonds. The highest BCUT2D eigenvalue weighted by atomic mass is 79.9. The van der Waals surface area contributed by atoms with Crippen molar-refractivity contribution in [3.8, 4) is 0 Å². The summed E-state index contributed by atoms with van der Waals surface area (Å²) in [4.78, 5) is 54.6. The van der Waals surface area contributed by atoms with Gasteiger partial charge in [0.05, 0.1) is 47.6 Å². The molecular weight excluding hydrogens is 1120 g/mol. The molecule has 16 nitrogen and oxygen atoms in total. The molecule has 0 bridgehead atoms. The predicted molar refractivity (Wildman–Crippen MR) is 316 cm³/mol. The molecule has 2 saturated carbocycles. The van der Waals surface area contributed by atoms with Crippen molar-refractivity contribution in [2.24, 2.45) is 0 Å². The Bertz CT molecular complexity index is 3740. The van der Waals surface area contributed by atoms with Gasteiger partial charge in [-0.05, 0) is 123 Å². The number of hydrogen-bond donors (Lipinski definition) is 1. The van der Waals surface area contributed by atoms with Crippen molar-refractivity contribution >= 4 is 94.9 Å². The maximum Gasteiger partial charge on any atom is 0.329 e. The highest BCUT2D eigenvalue weighted by Gasteiger charge is 2.50. The van der Waals surface area contributed by atoms with Crippen LogP contribution in [0.1, 0.15) is 111 Å². The fourth-order valence-corrected chi connectivity index (χ4v) is 16.0. The van der Waals surface area contributed by atoms with Gasteiger partial charge in [0.15, 0.2) is 11.3 Å². The maximum atomic E-state index is 13.7. The van der Waals surface area contributed by atoms with Crippen LogP contribution in [0.3, 0.4) is 0 Å². The number of imidazole rings is 4. The minimum atomic E-state index is -2.59. The lowest BCUT2D eigenvalue weighted by Gasteiger charge is -2.43. The second-order valence-electron chi connectivity index (χ2n) is 20.7. The number of benzene rings is 2. The number of halogens is 2. The molecule has 0 saturated heterocycles. The van der Waals surface area contributed by atoms with Crippen molar-refractivity contribution in [2.75, 3.05) is 13.2 Å². The molecule has 0 aliphatic heterocycles. The van der Waals surface area contributed by atoms with E-state index in [9.17, 15) is 9.59 Å². The average molecular weight is 1190 g/mol. The van der Waals surface area contributed by atoms with Crippen molar-refractivity contribution < 1.29 is 9.53 Å². The number of aliphatic hydroxyl groups is 1. The van der Waals surface area contributed by atoms with Gasteiger partial charge < -0.3 is 18.7 Å². The van der Waals surface area contributed by atoms with Crippen LogP contribution < -0.4 is 21.8 Å². The fraction of sp³-hybridized carbons (Fsp3) is 0.379. The summed E-state index contributed by atoms with van der Waals surface area (Å²) in [7, 11) is -2.59. The fourth-order valence-electron chi connectivity index (χ4n) is 10.7. The molecule has 402 valence electrons. The Morgan fingerprint density at radius 3 is 1.45 bits per heavy atom. The number of aliphatic hydroxyl groups excluding tert-OH is 1. The summed E-state index contributed by atoms with van der Waals surface area (Å²) in [5.74, 6) is 1.60. The second-order valence-corrected chi connectivity index (χ2v) is 26.8. The van der Waals surface area contributed by atoms with E-state index in [0.717, 1.165) is 116 Å². The highest BCUT2D eigenvalue weighted by molar-refractivity contribution is 9.10. The van der Waals surface area contributed by atoms with Crippen LogP contribution in [-0.2, 0) is 30.6 Å². The lowest BCUT2D eigenvalue weighted by molar-refractivity contribution is 0.281. The quantitative estimate of drug-likeness (QED) is 0.0644. The molecule has 8 aromatic heterocycles. The zero-order valence-electron chi connectivity index (χ0n) is 42.4. The molecule has 12 rings (SSSR count). The average Bonchev–Trinajstić information content (AvgIpc) is 4.34. The summed E-state index contributed by atoms with van der Waals surface area (Å²) in [6.07, 6.45) is 18.0.